The first-order valence-corrected chi connectivity index (χ1v) is 21.7. The number of aliphatic hydroxyl groups is 6. The number of allylic oxidation sites excluding steroid dienone is 20. The summed E-state index contributed by atoms with van der Waals surface area (Å²) in [4.78, 5) is 49.4. The van der Waals surface area contributed by atoms with Crippen LogP contribution in [0.1, 0.15) is 82.1 Å². The predicted octanol–water partition coefficient (Wildman–Crippen LogP) is 8.18. The van der Waals surface area contributed by atoms with Gasteiger partial charge in [0.2, 0.25) is 11.5 Å². The Morgan fingerprint density at radius 1 is 0.576 bits per heavy atom. The number of aliphatic hydroxyl groups excluding tert-OH is 6. The average Bonchev–Trinajstić information content (AvgIpc) is 3.66. The van der Waals surface area contributed by atoms with Crippen LogP contribution in [0.4, 0.5) is 0 Å². The van der Waals surface area contributed by atoms with E-state index in [1.54, 1.807) is 13.8 Å². The number of carbonyl (C=O) groups excluding carboxylic acids is 4. The largest absolute Gasteiger partial charge is 0.505 e. The first-order chi connectivity index (χ1) is 30.9. The molecule has 0 bridgehead atoms. The lowest BCUT2D eigenvalue weighted by Crippen LogP contribution is -2.41. The van der Waals surface area contributed by atoms with Crippen LogP contribution in [0, 0.1) is 10.8 Å². The summed E-state index contributed by atoms with van der Waals surface area (Å²) < 4.78 is 21.0. The van der Waals surface area contributed by atoms with Crippen LogP contribution < -0.4 is 0 Å². The number of cyclic esters (lactones) is 2. The van der Waals surface area contributed by atoms with E-state index in [4.69, 9.17) is 18.9 Å². The Morgan fingerprint density at radius 3 is 1.21 bits per heavy atom. The second kappa shape index (κ2) is 22.4. The first-order valence-electron chi connectivity index (χ1n) is 21.7. The summed E-state index contributed by atoms with van der Waals surface area (Å²) in [6, 6.07) is 0. The van der Waals surface area contributed by atoms with Crippen LogP contribution in [0.15, 0.2) is 153 Å². The van der Waals surface area contributed by atoms with Crippen molar-refractivity contribution < 1.29 is 68.8 Å². The highest BCUT2D eigenvalue weighted by molar-refractivity contribution is 6.01. The van der Waals surface area contributed by atoms with Crippen molar-refractivity contribution in [3.8, 4) is 0 Å². The molecule has 6 atom stereocenters. The van der Waals surface area contributed by atoms with Gasteiger partial charge in [0, 0.05) is 0 Å². The van der Waals surface area contributed by atoms with E-state index in [-0.39, 0.29) is 24.8 Å². The minimum atomic E-state index is -1.47. The van der Waals surface area contributed by atoms with Crippen molar-refractivity contribution in [3.63, 3.8) is 0 Å². The molecular formula is C52H64O14. The van der Waals surface area contributed by atoms with Crippen molar-refractivity contribution >= 4 is 23.5 Å². The van der Waals surface area contributed by atoms with E-state index in [0.29, 0.717) is 24.0 Å². The average molecular weight is 913 g/mol. The maximum Gasteiger partial charge on any atom is 0.377 e. The summed E-state index contributed by atoms with van der Waals surface area (Å²) in [7, 11) is 0. The summed E-state index contributed by atoms with van der Waals surface area (Å²) in [5.41, 5.74) is 5.97. The van der Waals surface area contributed by atoms with Gasteiger partial charge in [-0.15, -0.1) is 0 Å². The summed E-state index contributed by atoms with van der Waals surface area (Å²) in [5, 5.41) is 59.5. The number of carbonyl (C=O) groups is 4. The fraction of sp³-hybridized carbons (Fsp3) is 0.423. The molecule has 6 N–H and O–H groups in total. The van der Waals surface area contributed by atoms with Crippen molar-refractivity contribution in [1.29, 1.82) is 0 Å². The van der Waals surface area contributed by atoms with E-state index in [1.165, 1.54) is 0 Å². The lowest BCUT2D eigenvalue weighted by molar-refractivity contribution is -0.151. The SMILES string of the molecule is CC1=C(/C=C/C(C)=C/C=C/C(C)=C/C=C/C=C(C)/C=C/C=C(C)/C=C/C2=C(C)C(=O)C(OCC(O)C3OC(=O)C(O)=C3O)CC2(C)C)C(C)(C)CC(OCC(O)C2OC(=O)C(O)=C2O)C1=O. The topological polar surface area (TPSA) is 227 Å². The van der Waals surface area contributed by atoms with Crippen molar-refractivity contribution in [3.05, 3.63) is 153 Å². The maximum atomic E-state index is 13.2. The first kappa shape index (κ1) is 52.6. The number of ether oxygens (including phenoxy) is 4. The van der Waals surface area contributed by atoms with Crippen LogP contribution in [0.25, 0.3) is 0 Å². The monoisotopic (exact) mass is 912 g/mol. The van der Waals surface area contributed by atoms with Gasteiger partial charge in [0.15, 0.2) is 35.3 Å². The van der Waals surface area contributed by atoms with Crippen molar-refractivity contribution in [1.82, 2.24) is 0 Å². The Hall–Kier alpha value is -6.06. The van der Waals surface area contributed by atoms with E-state index in [9.17, 15) is 49.8 Å². The molecular weight excluding hydrogens is 849 g/mol. The molecule has 356 valence electrons. The molecule has 0 radical (unpaired) electrons. The van der Waals surface area contributed by atoms with E-state index in [2.05, 4.69) is 0 Å². The molecule has 66 heavy (non-hydrogen) atoms. The molecule has 4 aliphatic rings. The number of esters is 2. The van der Waals surface area contributed by atoms with Gasteiger partial charge in [-0.05, 0) is 87.5 Å². The molecule has 2 aliphatic carbocycles. The van der Waals surface area contributed by atoms with Crippen molar-refractivity contribution in [2.24, 2.45) is 10.8 Å². The Bertz CT molecular complexity index is 2180. The van der Waals surface area contributed by atoms with Crippen LogP contribution in [0.5, 0.6) is 0 Å². The third-order valence-corrected chi connectivity index (χ3v) is 11.8. The van der Waals surface area contributed by atoms with Gasteiger partial charge in [0.25, 0.3) is 0 Å². The van der Waals surface area contributed by atoms with Crippen LogP contribution in [-0.2, 0) is 38.1 Å². The minimum absolute atomic E-state index is 0.225. The third kappa shape index (κ3) is 13.3. The van der Waals surface area contributed by atoms with Gasteiger partial charge >= 0.3 is 11.9 Å². The molecule has 6 unspecified atom stereocenters. The van der Waals surface area contributed by atoms with Gasteiger partial charge in [-0.1, -0.05) is 135 Å². The third-order valence-electron chi connectivity index (χ3n) is 11.8. The fourth-order valence-electron chi connectivity index (χ4n) is 7.89. The summed E-state index contributed by atoms with van der Waals surface area (Å²) in [5.74, 6) is -6.18. The second-order valence-corrected chi connectivity index (χ2v) is 18.3. The lowest BCUT2D eigenvalue weighted by Gasteiger charge is -2.37. The van der Waals surface area contributed by atoms with Gasteiger partial charge in [-0.2, -0.15) is 0 Å². The molecule has 4 rings (SSSR count). The molecule has 14 heteroatoms. The van der Waals surface area contributed by atoms with E-state index >= 15 is 0 Å². The fourth-order valence-corrected chi connectivity index (χ4v) is 7.89. The molecule has 2 aliphatic heterocycles. The Kier molecular flexibility index (Phi) is 17.9. The van der Waals surface area contributed by atoms with Gasteiger partial charge in [0.1, 0.15) is 24.4 Å². The van der Waals surface area contributed by atoms with Crippen molar-refractivity contribution in [2.45, 2.75) is 119 Å². The molecule has 0 aromatic rings. The number of hydrogen-bond donors (Lipinski definition) is 6. The predicted molar refractivity (Wildman–Crippen MR) is 249 cm³/mol. The number of ketones is 2. The van der Waals surface area contributed by atoms with Gasteiger partial charge in [0.05, 0.1) is 13.2 Å². The van der Waals surface area contributed by atoms with E-state index in [0.717, 1.165) is 33.4 Å². The second-order valence-electron chi connectivity index (χ2n) is 18.3. The minimum Gasteiger partial charge on any atom is -0.505 e. The zero-order chi connectivity index (χ0) is 49.3. The highest BCUT2D eigenvalue weighted by Crippen LogP contribution is 2.42. The highest BCUT2D eigenvalue weighted by Gasteiger charge is 2.44. The number of Topliss-reactive ketones (excluding diaryl/α,β-unsaturated/α-hetero) is 2. The van der Waals surface area contributed by atoms with Crippen LogP contribution in [0.3, 0.4) is 0 Å². The molecule has 2 heterocycles. The molecule has 14 nitrogen and oxygen atoms in total. The van der Waals surface area contributed by atoms with Crippen LogP contribution in [-0.4, -0.2) is 104 Å². The zero-order valence-electron chi connectivity index (χ0n) is 39.3. The summed E-state index contributed by atoms with van der Waals surface area (Å²) >= 11 is 0. The lowest BCUT2D eigenvalue weighted by atomic mass is 9.71. The Balaban J connectivity index is 1.26. The summed E-state index contributed by atoms with van der Waals surface area (Å²) in [6.45, 7) is 18.7. The highest BCUT2D eigenvalue weighted by atomic mass is 16.6. The van der Waals surface area contributed by atoms with E-state index in [1.807, 2.05) is 140 Å². The molecule has 0 fully saturated rings. The van der Waals surface area contributed by atoms with Gasteiger partial charge < -0.3 is 49.6 Å². The van der Waals surface area contributed by atoms with Crippen LogP contribution >= 0.6 is 0 Å². The zero-order valence-corrected chi connectivity index (χ0v) is 39.3. The standard InChI is InChI=1S/C52H64O14/c1-29(17-13-19-31(3)21-23-35-33(5)41(55)39(25-51(35,7)8)63-27-37(53)47-43(57)45(59)49(61)65-47)15-11-12-16-30(2)18-14-20-32(4)22-24-36-34(6)42(56)40(26-52(36,9)10)64-28-38(54)48-44(58)46(60)50(62)66-48/h11-24,37-40,47-48,53-54,57-60H,25-28H2,1-10H3/b12-11+,17-13+,18-14+,23-21+,24-22+,29-15+,30-16+,31-19+,32-20+. The quantitative estimate of drug-likeness (QED) is 0.0563. The molecule has 0 saturated carbocycles. The Labute approximate surface area is 386 Å². The Morgan fingerprint density at radius 2 is 0.894 bits per heavy atom. The molecule has 0 aromatic heterocycles. The number of rotatable bonds is 18. The maximum absolute atomic E-state index is 13.2. The molecule has 0 spiro atoms. The molecule has 0 aromatic carbocycles. The molecule has 0 saturated heterocycles. The molecule has 0 amide bonds. The van der Waals surface area contributed by atoms with Crippen molar-refractivity contribution in [2.75, 3.05) is 13.2 Å². The number of hydrogen-bond acceptors (Lipinski definition) is 14. The van der Waals surface area contributed by atoms with Crippen LogP contribution in [0.2, 0.25) is 0 Å². The normalized spacial score (nSPS) is 25.9. The van der Waals surface area contributed by atoms with Gasteiger partial charge in [-0.25, -0.2) is 9.59 Å². The smallest absolute Gasteiger partial charge is 0.377 e. The summed E-state index contributed by atoms with van der Waals surface area (Å²) in [6.07, 6.45) is 20.7. The van der Waals surface area contributed by atoms with Gasteiger partial charge in [-0.3, -0.25) is 9.59 Å². The van der Waals surface area contributed by atoms with E-state index < -0.39 is 82.4 Å².